The fourth-order valence-electron chi connectivity index (χ4n) is 2.11. The molecule has 1 atom stereocenters. The number of carbonyl (C=O) groups is 2. The van der Waals surface area contributed by atoms with Crippen LogP contribution in [0.25, 0.3) is 0 Å². The van der Waals surface area contributed by atoms with Gasteiger partial charge in [-0.3, -0.25) is 9.59 Å². The van der Waals surface area contributed by atoms with Crippen LogP contribution in [-0.2, 0) is 22.4 Å². The molecule has 3 N–H and O–H groups in total. The Labute approximate surface area is 128 Å². The first-order chi connectivity index (χ1) is 10.5. The van der Waals surface area contributed by atoms with Crippen molar-refractivity contribution in [3.8, 4) is 0 Å². The van der Waals surface area contributed by atoms with Gasteiger partial charge in [0.05, 0.1) is 6.42 Å². The molecular formula is C17H17FN2O2. The molecule has 0 aromatic heterocycles. The molecule has 0 bridgehead atoms. The third kappa shape index (κ3) is 4.70. The molecule has 2 rings (SSSR count). The summed E-state index contributed by atoms with van der Waals surface area (Å²) in [6.45, 7) is 0. The average molecular weight is 300 g/mol. The van der Waals surface area contributed by atoms with E-state index in [0.29, 0.717) is 12.0 Å². The van der Waals surface area contributed by atoms with E-state index in [-0.39, 0.29) is 18.1 Å². The molecule has 0 saturated carbocycles. The zero-order valence-electron chi connectivity index (χ0n) is 12.0. The van der Waals surface area contributed by atoms with Gasteiger partial charge in [0.2, 0.25) is 11.8 Å². The van der Waals surface area contributed by atoms with Gasteiger partial charge >= 0.3 is 0 Å². The molecule has 0 saturated heterocycles. The Morgan fingerprint density at radius 3 is 2.23 bits per heavy atom. The smallest absolute Gasteiger partial charge is 0.240 e. The topological polar surface area (TPSA) is 72.2 Å². The second kappa shape index (κ2) is 7.36. The van der Waals surface area contributed by atoms with Crippen LogP contribution in [0.2, 0.25) is 0 Å². The number of benzene rings is 2. The van der Waals surface area contributed by atoms with Crippen LogP contribution < -0.4 is 11.1 Å². The summed E-state index contributed by atoms with van der Waals surface area (Å²) in [5.74, 6) is -1.27. The largest absolute Gasteiger partial charge is 0.368 e. The SMILES string of the molecule is NC(=O)[C@@H](Cc1ccccc1)NC(=O)Cc1ccc(F)cc1. The third-order valence-corrected chi connectivity index (χ3v) is 3.24. The van der Waals surface area contributed by atoms with Crippen LogP contribution in [-0.4, -0.2) is 17.9 Å². The quantitative estimate of drug-likeness (QED) is 0.850. The summed E-state index contributed by atoms with van der Waals surface area (Å²) in [7, 11) is 0. The minimum absolute atomic E-state index is 0.0683. The number of amides is 2. The number of hydrogen-bond donors (Lipinski definition) is 2. The molecule has 22 heavy (non-hydrogen) atoms. The molecule has 0 aliphatic heterocycles. The normalized spacial score (nSPS) is 11.7. The van der Waals surface area contributed by atoms with Crippen molar-refractivity contribution in [1.82, 2.24) is 5.32 Å². The molecule has 0 radical (unpaired) electrons. The summed E-state index contributed by atoms with van der Waals surface area (Å²) < 4.78 is 12.8. The van der Waals surface area contributed by atoms with Crippen molar-refractivity contribution < 1.29 is 14.0 Å². The van der Waals surface area contributed by atoms with Crippen molar-refractivity contribution >= 4 is 11.8 Å². The highest BCUT2D eigenvalue weighted by atomic mass is 19.1. The predicted octanol–water partition coefficient (Wildman–Crippen LogP) is 1.58. The standard InChI is InChI=1S/C17H17FN2O2/c18-14-8-6-13(7-9-14)11-16(21)20-15(17(19)22)10-12-4-2-1-3-5-12/h1-9,15H,10-11H2,(H2,19,22)(H,20,21)/t15-/m1/s1. The number of carbonyl (C=O) groups excluding carboxylic acids is 2. The summed E-state index contributed by atoms with van der Waals surface area (Å²) in [4.78, 5) is 23.5. The molecule has 2 amide bonds. The lowest BCUT2D eigenvalue weighted by Gasteiger charge is -2.15. The molecule has 4 nitrogen and oxygen atoms in total. The molecule has 114 valence electrons. The summed E-state index contributed by atoms with van der Waals surface area (Å²) in [5, 5.41) is 2.62. The lowest BCUT2D eigenvalue weighted by molar-refractivity contribution is -0.127. The third-order valence-electron chi connectivity index (χ3n) is 3.24. The minimum atomic E-state index is -0.768. The van der Waals surface area contributed by atoms with E-state index in [1.165, 1.54) is 24.3 Å². The summed E-state index contributed by atoms with van der Waals surface area (Å²) >= 11 is 0. The highest BCUT2D eigenvalue weighted by Crippen LogP contribution is 2.06. The Morgan fingerprint density at radius 2 is 1.64 bits per heavy atom. The molecule has 0 heterocycles. The first-order valence-electron chi connectivity index (χ1n) is 6.91. The molecule has 0 unspecified atom stereocenters. The predicted molar refractivity (Wildman–Crippen MR) is 81.4 cm³/mol. The van der Waals surface area contributed by atoms with Crippen LogP contribution >= 0.6 is 0 Å². The fraction of sp³-hybridized carbons (Fsp3) is 0.176. The van der Waals surface area contributed by atoms with Crippen molar-refractivity contribution in [2.24, 2.45) is 5.73 Å². The summed E-state index contributed by atoms with van der Waals surface area (Å²) in [5.41, 5.74) is 6.92. The van der Waals surface area contributed by atoms with Crippen molar-refractivity contribution in [2.75, 3.05) is 0 Å². The number of nitrogens with two attached hydrogens (primary N) is 1. The van der Waals surface area contributed by atoms with Crippen LogP contribution in [0.15, 0.2) is 54.6 Å². The molecule has 5 heteroatoms. The van der Waals surface area contributed by atoms with Crippen LogP contribution in [0.1, 0.15) is 11.1 Å². The molecule has 0 aliphatic carbocycles. The number of nitrogens with one attached hydrogen (secondary N) is 1. The second-order valence-corrected chi connectivity index (χ2v) is 5.02. The van der Waals surface area contributed by atoms with Crippen LogP contribution in [0, 0.1) is 5.82 Å². The Bertz CT molecular complexity index is 641. The van der Waals surface area contributed by atoms with Gasteiger partial charge in [-0.2, -0.15) is 0 Å². The monoisotopic (exact) mass is 300 g/mol. The first-order valence-corrected chi connectivity index (χ1v) is 6.91. The lowest BCUT2D eigenvalue weighted by Crippen LogP contribution is -2.46. The van der Waals surface area contributed by atoms with Gasteiger partial charge in [0.1, 0.15) is 11.9 Å². The van der Waals surface area contributed by atoms with Crippen LogP contribution in [0.4, 0.5) is 4.39 Å². The van der Waals surface area contributed by atoms with Gasteiger partial charge < -0.3 is 11.1 Å². The number of primary amides is 1. The second-order valence-electron chi connectivity index (χ2n) is 5.02. The highest BCUT2D eigenvalue weighted by Gasteiger charge is 2.18. The minimum Gasteiger partial charge on any atom is -0.368 e. The van der Waals surface area contributed by atoms with Gasteiger partial charge in [-0.1, -0.05) is 42.5 Å². The van der Waals surface area contributed by atoms with E-state index in [9.17, 15) is 14.0 Å². The van der Waals surface area contributed by atoms with E-state index in [2.05, 4.69) is 5.32 Å². The Kier molecular flexibility index (Phi) is 5.25. The Hall–Kier alpha value is -2.69. The van der Waals surface area contributed by atoms with Gasteiger partial charge in [-0.25, -0.2) is 4.39 Å². The lowest BCUT2D eigenvalue weighted by atomic mass is 10.0. The molecule has 0 aliphatic rings. The zero-order valence-corrected chi connectivity index (χ0v) is 12.0. The maximum absolute atomic E-state index is 12.8. The summed E-state index contributed by atoms with van der Waals surface area (Å²) in [6, 6.07) is 14.2. The van der Waals surface area contributed by atoms with Crippen molar-refractivity contribution in [3.63, 3.8) is 0 Å². The highest BCUT2D eigenvalue weighted by molar-refractivity contribution is 5.87. The van der Waals surface area contributed by atoms with E-state index in [1.54, 1.807) is 0 Å². The maximum atomic E-state index is 12.8. The van der Waals surface area contributed by atoms with Crippen LogP contribution in [0.5, 0.6) is 0 Å². The molecule has 0 spiro atoms. The van der Waals surface area contributed by atoms with Gasteiger partial charge in [0.25, 0.3) is 0 Å². The first kappa shape index (κ1) is 15.7. The number of rotatable bonds is 6. The van der Waals surface area contributed by atoms with Crippen molar-refractivity contribution in [3.05, 3.63) is 71.5 Å². The van der Waals surface area contributed by atoms with E-state index < -0.39 is 11.9 Å². The molecule has 2 aromatic carbocycles. The average Bonchev–Trinajstić information content (AvgIpc) is 2.50. The van der Waals surface area contributed by atoms with E-state index in [0.717, 1.165) is 5.56 Å². The van der Waals surface area contributed by atoms with Gasteiger partial charge in [0, 0.05) is 6.42 Å². The van der Waals surface area contributed by atoms with E-state index in [1.807, 2.05) is 30.3 Å². The maximum Gasteiger partial charge on any atom is 0.240 e. The van der Waals surface area contributed by atoms with E-state index in [4.69, 9.17) is 5.73 Å². The van der Waals surface area contributed by atoms with Gasteiger partial charge in [0.15, 0.2) is 0 Å². The summed E-state index contributed by atoms with van der Waals surface area (Å²) in [6.07, 6.45) is 0.407. The van der Waals surface area contributed by atoms with Crippen LogP contribution in [0.3, 0.4) is 0 Å². The van der Waals surface area contributed by atoms with Crippen molar-refractivity contribution in [2.45, 2.75) is 18.9 Å². The number of hydrogen-bond acceptors (Lipinski definition) is 2. The zero-order chi connectivity index (χ0) is 15.9. The van der Waals surface area contributed by atoms with E-state index >= 15 is 0 Å². The Balaban J connectivity index is 1.97. The fourth-order valence-corrected chi connectivity index (χ4v) is 2.11. The Morgan fingerprint density at radius 1 is 1.00 bits per heavy atom. The molecular weight excluding hydrogens is 283 g/mol. The molecule has 2 aromatic rings. The number of halogens is 1. The van der Waals surface area contributed by atoms with Gasteiger partial charge in [-0.05, 0) is 23.3 Å². The van der Waals surface area contributed by atoms with Crippen molar-refractivity contribution in [1.29, 1.82) is 0 Å². The van der Waals surface area contributed by atoms with Gasteiger partial charge in [-0.15, -0.1) is 0 Å². The molecule has 0 fully saturated rings.